The summed E-state index contributed by atoms with van der Waals surface area (Å²) >= 11 is 0. The largest absolute Gasteiger partial charge is 0.343 e. The van der Waals surface area contributed by atoms with Crippen LogP contribution in [0, 0.1) is 23.7 Å². The second-order valence-electron chi connectivity index (χ2n) is 9.56. The van der Waals surface area contributed by atoms with Gasteiger partial charge in [-0.25, -0.2) is 0 Å². The van der Waals surface area contributed by atoms with Crippen molar-refractivity contribution in [2.45, 2.75) is 92.4 Å². The molecule has 173 valence electrons. The van der Waals surface area contributed by atoms with E-state index < -0.39 is 41.9 Å². The average Bonchev–Trinajstić information content (AvgIpc) is 2.60. The summed E-state index contributed by atoms with van der Waals surface area (Å²) in [6.45, 7) is 14.7. The van der Waals surface area contributed by atoms with E-state index >= 15 is 0 Å². The van der Waals surface area contributed by atoms with Gasteiger partial charge in [0.15, 0.2) is 0 Å². The summed E-state index contributed by atoms with van der Waals surface area (Å²) in [5, 5.41) is 2.68. The van der Waals surface area contributed by atoms with Crippen molar-refractivity contribution in [3.05, 3.63) is 0 Å². The molecule has 0 aromatic heterocycles. The summed E-state index contributed by atoms with van der Waals surface area (Å²) in [5.41, 5.74) is 12.0. The molecule has 0 aromatic carbocycles. The maximum atomic E-state index is 13.4. The highest BCUT2D eigenvalue weighted by Crippen LogP contribution is 2.18. The van der Waals surface area contributed by atoms with E-state index in [9.17, 15) is 19.2 Å². The van der Waals surface area contributed by atoms with Crippen LogP contribution in [0.1, 0.15) is 68.2 Å². The Balaban J connectivity index is 5.91. The first-order valence-corrected chi connectivity index (χ1v) is 10.8. The number of nitrogens with two attached hydrogens (primary N) is 2. The van der Waals surface area contributed by atoms with Gasteiger partial charge in [0.1, 0.15) is 12.1 Å². The van der Waals surface area contributed by atoms with Gasteiger partial charge < -0.3 is 16.8 Å². The molecule has 0 rings (SSSR count). The lowest BCUT2D eigenvalue weighted by Gasteiger charge is -2.35. The van der Waals surface area contributed by atoms with Gasteiger partial charge in [-0.1, -0.05) is 55.4 Å². The zero-order chi connectivity index (χ0) is 23.8. The van der Waals surface area contributed by atoms with E-state index in [1.807, 2.05) is 34.0 Å². The summed E-state index contributed by atoms with van der Waals surface area (Å²) in [7, 11) is 0. The van der Waals surface area contributed by atoms with Crippen LogP contribution < -0.4 is 16.8 Å². The molecule has 5 N–H and O–H groups in total. The second-order valence-corrected chi connectivity index (χ2v) is 9.56. The third-order valence-corrected chi connectivity index (χ3v) is 4.84. The lowest BCUT2D eigenvalue weighted by atomic mass is 9.95. The van der Waals surface area contributed by atoms with Crippen LogP contribution in [-0.4, -0.2) is 53.1 Å². The third-order valence-electron chi connectivity index (χ3n) is 4.84. The maximum absolute atomic E-state index is 13.4. The molecule has 0 saturated carbocycles. The molecule has 0 heterocycles. The zero-order valence-corrected chi connectivity index (χ0v) is 19.8. The first kappa shape index (κ1) is 28.2. The van der Waals surface area contributed by atoms with Crippen molar-refractivity contribution < 1.29 is 19.2 Å². The Kier molecular flexibility index (Phi) is 12.0. The molecule has 30 heavy (non-hydrogen) atoms. The highest BCUT2D eigenvalue weighted by Gasteiger charge is 2.40. The van der Waals surface area contributed by atoms with E-state index in [0.29, 0.717) is 12.8 Å². The fourth-order valence-corrected chi connectivity index (χ4v) is 3.20. The molecular formula is C22H41N4O4. The van der Waals surface area contributed by atoms with E-state index in [0.717, 1.165) is 4.90 Å². The molecule has 0 aliphatic carbocycles. The molecule has 8 heteroatoms. The van der Waals surface area contributed by atoms with Crippen LogP contribution >= 0.6 is 0 Å². The topological polar surface area (TPSA) is 136 Å². The Hall–Kier alpha value is -1.80. The van der Waals surface area contributed by atoms with Gasteiger partial charge in [0.05, 0.1) is 12.1 Å². The first-order chi connectivity index (χ1) is 13.7. The van der Waals surface area contributed by atoms with Gasteiger partial charge in [-0.15, -0.1) is 0 Å². The number of hydrogen-bond acceptors (Lipinski definition) is 6. The molecule has 0 aromatic rings. The van der Waals surface area contributed by atoms with Crippen molar-refractivity contribution in [3.8, 4) is 0 Å². The smallest absolute Gasteiger partial charge is 0.252 e. The monoisotopic (exact) mass is 425 g/mol. The van der Waals surface area contributed by atoms with Crippen molar-refractivity contribution in [2.24, 2.45) is 35.1 Å². The summed E-state index contributed by atoms with van der Waals surface area (Å²) in [5.74, 6) is -2.11. The number of rotatable bonds is 12. The Bertz CT molecular complexity index is 590. The SMILES string of the molecule is CC(C)C[C@@H](N)C(=O)N(C(=O)[C@H](NC(=O)[C@@H](N)CC(C)C)C(C)C)[C@H]([C]=O)C(C)C. The number of amides is 3. The normalized spacial score (nSPS) is 15.8. The Labute approximate surface area is 181 Å². The molecule has 0 spiro atoms. The van der Waals surface area contributed by atoms with Crippen molar-refractivity contribution in [3.63, 3.8) is 0 Å². The molecular weight excluding hydrogens is 384 g/mol. The molecule has 0 unspecified atom stereocenters. The lowest BCUT2D eigenvalue weighted by molar-refractivity contribution is -0.151. The van der Waals surface area contributed by atoms with Gasteiger partial charge in [0.25, 0.3) is 5.91 Å². The van der Waals surface area contributed by atoms with Crippen LogP contribution in [-0.2, 0) is 19.2 Å². The maximum Gasteiger partial charge on any atom is 0.252 e. The molecule has 4 atom stereocenters. The molecule has 0 fully saturated rings. The van der Waals surface area contributed by atoms with Crippen molar-refractivity contribution in [2.75, 3.05) is 0 Å². The number of nitrogens with one attached hydrogen (secondary N) is 1. The molecule has 0 aliphatic heterocycles. The number of imide groups is 1. The molecule has 0 bridgehead atoms. The number of hydrogen-bond donors (Lipinski definition) is 3. The molecule has 8 nitrogen and oxygen atoms in total. The van der Waals surface area contributed by atoms with Crippen LogP contribution in [0.2, 0.25) is 0 Å². The quantitative estimate of drug-likeness (QED) is 0.432. The minimum Gasteiger partial charge on any atom is -0.343 e. The summed E-state index contributed by atoms with van der Waals surface area (Å²) in [6.07, 6.45) is 2.64. The van der Waals surface area contributed by atoms with Gasteiger partial charge >= 0.3 is 0 Å². The van der Waals surface area contributed by atoms with E-state index in [1.165, 1.54) is 0 Å². The van der Waals surface area contributed by atoms with Crippen LogP contribution in [0.15, 0.2) is 0 Å². The summed E-state index contributed by atoms with van der Waals surface area (Å²) in [6, 6.07) is -3.81. The first-order valence-electron chi connectivity index (χ1n) is 10.8. The van der Waals surface area contributed by atoms with E-state index in [1.54, 1.807) is 27.7 Å². The highest BCUT2D eigenvalue weighted by atomic mass is 16.2. The standard InChI is InChI=1S/C22H41N4O4/c1-12(2)9-16(23)20(28)25-19(15(7)8)22(30)26(18(11-27)14(5)6)21(29)17(24)10-13(3)4/h12-19H,9-10,23-24H2,1-8H3,(H,25,28)/t16-,17+,18+,19+/m0/s1. The fraction of sp³-hybridized carbons (Fsp3) is 0.818. The Morgan fingerprint density at radius 2 is 1.27 bits per heavy atom. The predicted molar refractivity (Wildman–Crippen MR) is 118 cm³/mol. The van der Waals surface area contributed by atoms with Crippen molar-refractivity contribution >= 4 is 24.0 Å². The average molecular weight is 426 g/mol. The number of carbonyl (C=O) groups excluding carboxylic acids is 4. The number of nitrogens with zero attached hydrogens (tertiary/aromatic N) is 1. The van der Waals surface area contributed by atoms with Crippen LogP contribution in [0.4, 0.5) is 0 Å². The van der Waals surface area contributed by atoms with Gasteiger partial charge in [0.2, 0.25) is 18.1 Å². The minimum absolute atomic E-state index is 0.133. The molecule has 3 amide bonds. The van der Waals surface area contributed by atoms with Gasteiger partial charge in [-0.05, 0) is 36.5 Å². The van der Waals surface area contributed by atoms with E-state index in [2.05, 4.69) is 5.32 Å². The van der Waals surface area contributed by atoms with Crippen molar-refractivity contribution in [1.82, 2.24) is 10.2 Å². The molecule has 0 saturated heterocycles. The van der Waals surface area contributed by atoms with Gasteiger partial charge in [-0.2, -0.15) is 0 Å². The predicted octanol–water partition coefficient (Wildman–Crippen LogP) is 1.36. The van der Waals surface area contributed by atoms with Crippen LogP contribution in [0.5, 0.6) is 0 Å². The third kappa shape index (κ3) is 8.52. The Morgan fingerprint density at radius 3 is 1.63 bits per heavy atom. The molecule has 1 radical (unpaired) electrons. The van der Waals surface area contributed by atoms with E-state index in [-0.39, 0.29) is 23.7 Å². The lowest BCUT2D eigenvalue weighted by Crippen LogP contribution is -2.61. The van der Waals surface area contributed by atoms with Crippen LogP contribution in [0.3, 0.4) is 0 Å². The Morgan fingerprint density at radius 1 is 0.800 bits per heavy atom. The summed E-state index contributed by atoms with van der Waals surface area (Å²) in [4.78, 5) is 51.6. The minimum atomic E-state index is -1.09. The van der Waals surface area contributed by atoms with Crippen LogP contribution in [0.25, 0.3) is 0 Å². The second kappa shape index (κ2) is 12.8. The zero-order valence-electron chi connectivity index (χ0n) is 19.8. The number of carbonyl (C=O) groups is 3. The highest BCUT2D eigenvalue weighted by molar-refractivity contribution is 6.03. The van der Waals surface area contributed by atoms with Gasteiger partial charge in [-0.3, -0.25) is 24.1 Å². The summed E-state index contributed by atoms with van der Waals surface area (Å²) < 4.78 is 0. The van der Waals surface area contributed by atoms with Crippen molar-refractivity contribution in [1.29, 1.82) is 0 Å². The van der Waals surface area contributed by atoms with Gasteiger partial charge in [0, 0.05) is 0 Å². The fourth-order valence-electron chi connectivity index (χ4n) is 3.20. The van der Waals surface area contributed by atoms with E-state index in [4.69, 9.17) is 11.5 Å². The molecule has 0 aliphatic rings.